The Hall–Kier alpha value is -2.68. The molecule has 2 aliphatic heterocycles. The second-order valence-corrected chi connectivity index (χ2v) is 10.3. The van der Waals surface area contributed by atoms with Crippen LogP contribution < -0.4 is 4.90 Å². The molecule has 5 rings (SSSR count). The summed E-state index contributed by atoms with van der Waals surface area (Å²) in [7, 11) is 0. The van der Waals surface area contributed by atoms with E-state index in [4.69, 9.17) is 26.3 Å². The number of hydrogen-bond donors (Lipinski definition) is 1. The molecule has 7 nitrogen and oxygen atoms in total. The van der Waals surface area contributed by atoms with E-state index in [1.807, 2.05) is 18.2 Å². The van der Waals surface area contributed by atoms with E-state index in [-0.39, 0.29) is 5.78 Å². The van der Waals surface area contributed by atoms with E-state index < -0.39 is 0 Å². The van der Waals surface area contributed by atoms with Crippen molar-refractivity contribution >= 4 is 40.2 Å². The van der Waals surface area contributed by atoms with E-state index in [9.17, 15) is 4.79 Å². The molecule has 0 saturated carbocycles. The molecule has 0 aliphatic carbocycles. The van der Waals surface area contributed by atoms with Crippen LogP contribution in [0.3, 0.4) is 0 Å². The summed E-state index contributed by atoms with van der Waals surface area (Å²) in [4.78, 5) is 17.5. The minimum Gasteiger partial charge on any atom is -0.378 e. The molecule has 0 unspecified atom stereocenters. The third kappa shape index (κ3) is 5.04. The summed E-state index contributed by atoms with van der Waals surface area (Å²) in [5.74, 6) is 1.30. The Morgan fingerprint density at radius 2 is 1.88 bits per heavy atom. The molecule has 0 spiro atoms. The Balaban J connectivity index is 1.37. The number of hydrogen-bond acceptors (Lipinski definition) is 7. The van der Waals surface area contributed by atoms with Gasteiger partial charge in [0.05, 0.1) is 22.4 Å². The summed E-state index contributed by atoms with van der Waals surface area (Å²) >= 11 is 7.25. The highest BCUT2D eigenvalue weighted by Gasteiger charge is 2.22. The van der Waals surface area contributed by atoms with E-state index in [1.165, 1.54) is 11.3 Å². The van der Waals surface area contributed by atoms with Crippen molar-refractivity contribution in [3.05, 3.63) is 56.9 Å². The van der Waals surface area contributed by atoms with Gasteiger partial charge in [-0.1, -0.05) is 22.8 Å². The van der Waals surface area contributed by atoms with Crippen molar-refractivity contribution in [1.82, 2.24) is 10.1 Å². The van der Waals surface area contributed by atoms with Gasteiger partial charge in [0.2, 0.25) is 0 Å². The molecular formula is C25H27ClN4O3S. The summed E-state index contributed by atoms with van der Waals surface area (Å²) in [6.07, 6.45) is 3.10. The van der Waals surface area contributed by atoms with Crippen LogP contribution in [0.15, 0.2) is 40.9 Å². The topological polar surface area (TPSA) is 82.7 Å². The smallest absolute Gasteiger partial charge is 0.173 e. The third-order valence-corrected chi connectivity index (χ3v) is 7.60. The van der Waals surface area contributed by atoms with Crippen LogP contribution in [-0.4, -0.2) is 61.1 Å². The number of carbonyl (C=O) groups is 1. The van der Waals surface area contributed by atoms with Gasteiger partial charge in [0.1, 0.15) is 17.3 Å². The van der Waals surface area contributed by atoms with Crippen molar-refractivity contribution in [2.75, 3.05) is 44.3 Å². The predicted octanol–water partition coefficient (Wildman–Crippen LogP) is 5.13. The quantitative estimate of drug-likeness (QED) is 0.276. The zero-order chi connectivity index (χ0) is 23.5. The number of Topliss-reactive ketones (excluding diaryl/α,β-unsaturated/α-hetero) is 1. The molecule has 2 aromatic heterocycles. The first kappa shape index (κ1) is 23.1. The predicted molar refractivity (Wildman–Crippen MR) is 135 cm³/mol. The highest BCUT2D eigenvalue weighted by Crippen LogP contribution is 2.33. The zero-order valence-corrected chi connectivity index (χ0v) is 20.5. The van der Waals surface area contributed by atoms with Gasteiger partial charge < -0.3 is 19.1 Å². The molecule has 2 saturated heterocycles. The maximum absolute atomic E-state index is 12.4. The van der Waals surface area contributed by atoms with E-state index in [0.717, 1.165) is 61.5 Å². The summed E-state index contributed by atoms with van der Waals surface area (Å²) in [6.45, 7) is 4.80. The van der Waals surface area contributed by atoms with Gasteiger partial charge in [-0.2, -0.15) is 0 Å². The van der Waals surface area contributed by atoms with Crippen LogP contribution in [0, 0.1) is 5.41 Å². The number of halogens is 1. The summed E-state index contributed by atoms with van der Waals surface area (Å²) in [6, 6.07) is 11.5. The largest absolute Gasteiger partial charge is 0.378 e. The van der Waals surface area contributed by atoms with Gasteiger partial charge in [0.25, 0.3) is 0 Å². The number of morpholine rings is 1. The maximum atomic E-state index is 12.4. The Labute approximate surface area is 207 Å². The molecule has 0 amide bonds. The van der Waals surface area contributed by atoms with Gasteiger partial charge in [-0.15, -0.1) is 11.3 Å². The first-order valence-electron chi connectivity index (χ1n) is 11.6. The molecule has 0 bridgehead atoms. The lowest BCUT2D eigenvalue weighted by Crippen LogP contribution is -2.37. The number of likely N-dealkylation sites (tertiary alicyclic amines) is 1. The van der Waals surface area contributed by atoms with Crippen LogP contribution in [0.5, 0.6) is 0 Å². The molecular weight excluding hydrogens is 472 g/mol. The number of nitrogens with one attached hydrogen (secondary N) is 1. The van der Waals surface area contributed by atoms with Crippen molar-refractivity contribution < 1.29 is 14.1 Å². The second-order valence-electron chi connectivity index (χ2n) is 8.58. The van der Waals surface area contributed by atoms with Crippen LogP contribution in [0.1, 0.15) is 40.3 Å². The molecule has 0 radical (unpaired) electrons. The highest BCUT2D eigenvalue weighted by molar-refractivity contribution is 7.18. The summed E-state index contributed by atoms with van der Waals surface area (Å²) < 4.78 is 11.8. The van der Waals surface area contributed by atoms with Crippen molar-refractivity contribution in [2.24, 2.45) is 0 Å². The Kier molecular flexibility index (Phi) is 6.99. The molecule has 0 atom stereocenters. The van der Waals surface area contributed by atoms with Crippen LogP contribution in [0.4, 0.5) is 5.69 Å². The Morgan fingerprint density at radius 1 is 1.09 bits per heavy atom. The fraction of sp³-hybridized carbons (Fsp3) is 0.400. The molecule has 1 aromatic carbocycles. The van der Waals surface area contributed by atoms with Gasteiger partial charge in [-0.3, -0.25) is 10.2 Å². The maximum Gasteiger partial charge on any atom is 0.173 e. The monoisotopic (exact) mass is 498 g/mol. The van der Waals surface area contributed by atoms with Crippen LogP contribution in [0.25, 0.3) is 11.3 Å². The number of aromatic nitrogens is 1. The van der Waals surface area contributed by atoms with Crippen LogP contribution >= 0.6 is 22.9 Å². The molecule has 2 fully saturated rings. The number of thiophene rings is 1. The first-order valence-corrected chi connectivity index (χ1v) is 12.8. The summed E-state index contributed by atoms with van der Waals surface area (Å²) in [5.41, 5.74) is 3.65. The second kappa shape index (κ2) is 10.3. The Bertz CT molecular complexity index is 1180. The lowest BCUT2D eigenvalue weighted by Gasteiger charge is -2.31. The average Bonchev–Trinajstić information content (AvgIpc) is 3.65. The van der Waals surface area contributed by atoms with Crippen LogP contribution in [-0.2, 0) is 11.2 Å². The number of aryl methyl sites for hydroxylation is 1. The van der Waals surface area contributed by atoms with Crippen molar-refractivity contribution in [1.29, 1.82) is 5.41 Å². The number of anilines is 1. The fourth-order valence-corrected chi connectivity index (χ4v) is 5.48. The molecule has 178 valence electrons. The van der Waals surface area contributed by atoms with Gasteiger partial charge >= 0.3 is 0 Å². The summed E-state index contributed by atoms with van der Waals surface area (Å²) in [5, 5.41) is 13.0. The number of benzene rings is 1. The molecule has 34 heavy (non-hydrogen) atoms. The molecule has 1 N–H and O–H groups in total. The van der Waals surface area contributed by atoms with Crippen molar-refractivity contribution in [3.8, 4) is 11.3 Å². The number of ether oxygens (including phenoxy) is 1. The highest BCUT2D eigenvalue weighted by atomic mass is 35.5. The number of carbonyl (C=O) groups excluding carboxylic acids is 1. The molecule has 9 heteroatoms. The lowest BCUT2D eigenvalue weighted by molar-refractivity contribution is 0.0984. The normalized spacial score (nSPS) is 16.3. The van der Waals surface area contributed by atoms with Gasteiger partial charge in [0.15, 0.2) is 5.78 Å². The lowest BCUT2D eigenvalue weighted by atomic mass is 10.0. The van der Waals surface area contributed by atoms with E-state index in [2.05, 4.69) is 21.0 Å². The van der Waals surface area contributed by atoms with Crippen LogP contribution in [0.2, 0.25) is 4.34 Å². The fourth-order valence-electron chi connectivity index (χ4n) is 4.47. The molecule has 4 heterocycles. The number of nitrogens with zero attached hydrogens (tertiary/aromatic N) is 3. The molecule has 3 aromatic rings. The average molecular weight is 499 g/mol. The van der Waals surface area contributed by atoms with Gasteiger partial charge in [-0.05, 0) is 37.1 Å². The van der Waals surface area contributed by atoms with Crippen molar-refractivity contribution in [3.63, 3.8) is 0 Å². The van der Waals surface area contributed by atoms with E-state index >= 15 is 0 Å². The third-order valence-electron chi connectivity index (χ3n) is 6.33. The van der Waals surface area contributed by atoms with Gasteiger partial charge in [0, 0.05) is 61.9 Å². The zero-order valence-electron chi connectivity index (χ0n) is 18.9. The van der Waals surface area contributed by atoms with E-state index in [1.54, 1.807) is 12.1 Å². The minimum atomic E-state index is 0.0497. The Morgan fingerprint density at radius 3 is 2.62 bits per heavy atom. The SMILES string of the molecule is N=C(c1ccc(-c2cc(CCC(=O)c3ccc(Cl)s3)on2)c(N2CCOCC2)c1)N1CCCC1. The number of ketones is 1. The number of amidine groups is 1. The van der Waals surface area contributed by atoms with E-state index in [0.29, 0.717) is 46.9 Å². The molecule has 2 aliphatic rings. The first-order chi connectivity index (χ1) is 16.6. The van der Waals surface area contributed by atoms with Gasteiger partial charge in [-0.25, -0.2) is 0 Å². The van der Waals surface area contributed by atoms with Crippen molar-refractivity contribution in [2.45, 2.75) is 25.7 Å². The standard InChI is InChI=1S/C25H27ClN4O3S/c26-24-8-7-23(34-24)22(31)6-4-18-16-20(28-33-18)19-5-3-17(25(27)30-9-1-2-10-30)15-21(19)29-11-13-32-14-12-29/h3,5,7-8,15-16,27H,1-2,4,6,9-14H2. The number of rotatable bonds is 7. The minimum absolute atomic E-state index is 0.0497.